The van der Waals surface area contributed by atoms with Crippen molar-refractivity contribution in [2.45, 2.75) is 32.6 Å². The highest BCUT2D eigenvalue weighted by Crippen LogP contribution is 2.31. The summed E-state index contributed by atoms with van der Waals surface area (Å²) >= 11 is 1.54. The quantitative estimate of drug-likeness (QED) is 0.730. The first-order valence-corrected chi connectivity index (χ1v) is 10.3. The molecule has 5 nitrogen and oxygen atoms in total. The Morgan fingerprint density at radius 1 is 1.21 bits per heavy atom. The summed E-state index contributed by atoms with van der Waals surface area (Å²) in [6, 6.07) is 11.5. The van der Waals surface area contributed by atoms with E-state index in [1.165, 1.54) is 4.88 Å². The molecular formula is C22H23N3O2S. The molecule has 3 aromatic rings. The van der Waals surface area contributed by atoms with Crippen LogP contribution in [0.2, 0.25) is 0 Å². The zero-order valence-corrected chi connectivity index (χ0v) is 16.9. The van der Waals surface area contributed by atoms with Gasteiger partial charge >= 0.3 is 0 Å². The van der Waals surface area contributed by atoms with E-state index in [0.29, 0.717) is 17.8 Å². The third kappa shape index (κ3) is 3.40. The summed E-state index contributed by atoms with van der Waals surface area (Å²) in [5.74, 6) is -0.402. The van der Waals surface area contributed by atoms with Gasteiger partial charge in [-0.05, 0) is 50.5 Å². The van der Waals surface area contributed by atoms with Gasteiger partial charge in [0.15, 0.2) is 0 Å². The number of carbonyl (C=O) groups excluding carboxylic acids is 2. The predicted octanol–water partition coefficient (Wildman–Crippen LogP) is 4.03. The smallest absolute Gasteiger partial charge is 0.263 e. The van der Waals surface area contributed by atoms with Gasteiger partial charge < -0.3 is 10.6 Å². The molecule has 1 aliphatic rings. The second-order valence-corrected chi connectivity index (χ2v) is 8.67. The minimum atomic E-state index is -0.471. The van der Waals surface area contributed by atoms with Gasteiger partial charge in [-0.25, -0.2) is 0 Å². The summed E-state index contributed by atoms with van der Waals surface area (Å²) in [6.07, 6.45) is 1.77. The Morgan fingerprint density at radius 2 is 2.00 bits per heavy atom. The lowest BCUT2D eigenvalue weighted by Crippen LogP contribution is -2.39. The number of primary amides is 1. The molecular weight excluding hydrogens is 370 g/mol. The van der Waals surface area contributed by atoms with Crippen LogP contribution in [-0.2, 0) is 0 Å². The van der Waals surface area contributed by atoms with E-state index >= 15 is 0 Å². The Balaban J connectivity index is 1.66. The zero-order chi connectivity index (χ0) is 19.8. The standard InChI is InChI=1S/C22H23N3O2S/c1-13-10-19(28-14(13)2)22(27)25-9-5-7-16(12-25)20-17(21(23)26)11-15-6-3-4-8-18(15)24-20/h3-4,6,8,10-11,16H,5,7,9,12H2,1-2H3,(H2,23,26)/t16-/m1/s1. The molecule has 1 fully saturated rings. The van der Waals surface area contributed by atoms with E-state index in [2.05, 4.69) is 0 Å². The van der Waals surface area contributed by atoms with Crippen LogP contribution in [0, 0.1) is 13.8 Å². The first-order valence-electron chi connectivity index (χ1n) is 9.50. The second kappa shape index (κ2) is 7.36. The number of fused-ring (bicyclic) bond motifs is 1. The van der Waals surface area contributed by atoms with Crippen molar-refractivity contribution in [2.24, 2.45) is 5.73 Å². The molecule has 6 heteroatoms. The zero-order valence-electron chi connectivity index (χ0n) is 16.1. The van der Waals surface area contributed by atoms with Crippen molar-refractivity contribution in [3.8, 4) is 0 Å². The molecule has 0 aliphatic carbocycles. The Kier molecular flexibility index (Phi) is 4.89. The maximum atomic E-state index is 13.0. The number of likely N-dealkylation sites (tertiary alicyclic amines) is 1. The first-order chi connectivity index (χ1) is 13.4. The Hall–Kier alpha value is -2.73. The molecule has 1 saturated heterocycles. The van der Waals surface area contributed by atoms with E-state index in [0.717, 1.165) is 40.7 Å². The average molecular weight is 394 g/mol. The third-order valence-electron chi connectivity index (χ3n) is 5.49. The lowest BCUT2D eigenvalue weighted by Gasteiger charge is -2.33. The largest absolute Gasteiger partial charge is 0.366 e. The molecule has 0 saturated carbocycles. The van der Waals surface area contributed by atoms with E-state index in [1.54, 1.807) is 11.3 Å². The number of amides is 2. The van der Waals surface area contributed by atoms with Crippen LogP contribution in [0.25, 0.3) is 10.9 Å². The molecule has 1 aromatic carbocycles. The number of para-hydroxylation sites is 1. The first kappa shape index (κ1) is 18.6. The number of piperidine rings is 1. The number of rotatable bonds is 3. The van der Waals surface area contributed by atoms with Crippen LogP contribution >= 0.6 is 11.3 Å². The molecule has 2 amide bonds. The summed E-state index contributed by atoms with van der Waals surface area (Å²) in [4.78, 5) is 33.7. The Bertz CT molecular complexity index is 1050. The molecule has 0 unspecified atom stereocenters. The number of nitrogens with zero attached hydrogens (tertiary/aromatic N) is 2. The Morgan fingerprint density at radius 3 is 2.71 bits per heavy atom. The fraction of sp³-hybridized carbons (Fsp3) is 0.318. The highest BCUT2D eigenvalue weighted by atomic mass is 32.1. The predicted molar refractivity (Wildman–Crippen MR) is 112 cm³/mol. The Labute approximate surface area is 168 Å². The van der Waals surface area contributed by atoms with Crippen molar-refractivity contribution in [3.05, 3.63) is 63.0 Å². The van der Waals surface area contributed by atoms with Gasteiger partial charge in [-0.1, -0.05) is 18.2 Å². The van der Waals surface area contributed by atoms with Crippen LogP contribution in [0.4, 0.5) is 0 Å². The minimum Gasteiger partial charge on any atom is -0.366 e. The molecule has 2 N–H and O–H groups in total. The van der Waals surface area contributed by atoms with E-state index < -0.39 is 5.91 Å². The number of nitrogens with two attached hydrogens (primary N) is 1. The van der Waals surface area contributed by atoms with Crippen molar-refractivity contribution in [3.63, 3.8) is 0 Å². The second-order valence-electron chi connectivity index (χ2n) is 7.42. The van der Waals surface area contributed by atoms with Crippen LogP contribution in [0.1, 0.15) is 54.9 Å². The van der Waals surface area contributed by atoms with Crippen molar-refractivity contribution in [1.82, 2.24) is 9.88 Å². The topological polar surface area (TPSA) is 76.3 Å². The van der Waals surface area contributed by atoms with Crippen LogP contribution in [0.5, 0.6) is 0 Å². The van der Waals surface area contributed by atoms with E-state index in [1.807, 2.05) is 55.1 Å². The van der Waals surface area contributed by atoms with E-state index in [4.69, 9.17) is 10.7 Å². The number of benzene rings is 1. The van der Waals surface area contributed by atoms with E-state index in [-0.39, 0.29) is 11.8 Å². The third-order valence-corrected chi connectivity index (χ3v) is 6.63. The maximum absolute atomic E-state index is 13.0. The summed E-state index contributed by atoms with van der Waals surface area (Å²) < 4.78 is 0. The van der Waals surface area contributed by atoms with E-state index in [9.17, 15) is 9.59 Å². The molecule has 0 bridgehead atoms. The highest BCUT2D eigenvalue weighted by Gasteiger charge is 2.29. The normalized spacial score (nSPS) is 17.1. The summed E-state index contributed by atoms with van der Waals surface area (Å²) in [7, 11) is 0. The van der Waals surface area contributed by atoms with Crippen molar-refractivity contribution < 1.29 is 9.59 Å². The number of pyridine rings is 1. The number of thiophene rings is 1. The average Bonchev–Trinajstić information content (AvgIpc) is 3.05. The summed E-state index contributed by atoms with van der Waals surface area (Å²) in [6.45, 7) is 5.35. The van der Waals surface area contributed by atoms with Gasteiger partial charge in [0.1, 0.15) is 0 Å². The van der Waals surface area contributed by atoms with Gasteiger partial charge in [-0.3, -0.25) is 14.6 Å². The summed E-state index contributed by atoms with van der Waals surface area (Å²) in [5, 5.41) is 0.897. The van der Waals surface area contributed by atoms with Crippen LogP contribution in [-0.4, -0.2) is 34.8 Å². The van der Waals surface area contributed by atoms with Gasteiger partial charge in [0.2, 0.25) is 0 Å². The van der Waals surface area contributed by atoms with Crippen molar-refractivity contribution in [2.75, 3.05) is 13.1 Å². The summed E-state index contributed by atoms with van der Waals surface area (Å²) in [5.41, 5.74) is 8.82. The van der Waals surface area contributed by atoms with Crippen molar-refractivity contribution in [1.29, 1.82) is 0 Å². The fourth-order valence-corrected chi connectivity index (χ4v) is 4.86. The molecule has 28 heavy (non-hydrogen) atoms. The molecule has 1 aliphatic heterocycles. The number of hydrogen-bond acceptors (Lipinski definition) is 4. The molecule has 2 aromatic heterocycles. The molecule has 3 heterocycles. The van der Waals surface area contributed by atoms with Gasteiger partial charge in [-0.2, -0.15) is 0 Å². The molecule has 4 rings (SSSR count). The van der Waals surface area contributed by atoms with Crippen molar-refractivity contribution >= 4 is 34.1 Å². The molecule has 0 spiro atoms. The fourth-order valence-electron chi connectivity index (χ4n) is 3.86. The number of carbonyl (C=O) groups is 2. The SMILES string of the molecule is Cc1cc(C(=O)N2CCC[C@@H](c3nc4ccccc4cc3C(N)=O)C2)sc1C. The van der Waals surface area contributed by atoms with Gasteiger partial charge in [0.25, 0.3) is 11.8 Å². The monoisotopic (exact) mass is 393 g/mol. The maximum Gasteiger partial charge on any atom is 0.263 e. The van der Waals surface area contributed by atoms with Crippen LogP contribution in [0.15, 0.2) is 36.4 Å². The molecule has 0 radical (unpaired) electrons. The van der Waals surface area contributed by atoms with Gasteiger partial charge in [0, 0.05) is 29.3 Å². The number of hydrogen-bond donors (Lipinski definition) is 1. The van der Waals surface area contributed by atoms with Crippen LogP contribution < -0.4 is 5.73 Å². The number of aromatic nitrogens is 1. The highest BCUT2D eigenvalue weighted by molar-refractivity contribution is 7.14. The molecule has 144 valence electrons. The minimum absolute atomic E-state index is 0.00645. The lowest BCUT2D eigenvalue weighted by atomic mass is 9.90. The van der Waals surface area contributed by atoms with Crippen LogP contribution in [0.3, 0.4) is 0 Å². The van der Waals surface area contributed by atoms with Gasteiger partial charge in [0.05, 0.1) is 21.7 Å². The van der Waals surface area contributed by atoms with Gasteiger partial charge in [-0.15, -0.1) is 11.3 Å². The number of aryl methyl sites for hydroxylation is 2. The lowest BCUT2D eigenvalue weighted by molar-refractivity contribution is 0.0710. The molecule has 1 atom stereocenters.